The zero-order valence-electron chi connectivity index (χ0n) is 11.5. The van der Waals surface area contributed by atoms with E-state index < -0.39 is 0 Å². The predicted octanol–water partition coefficient (Wildman–Crippen LogP) is 0.975. The largest absolute Gasteiger partial charge is 0.353 e. The van der Waals surface area contributed by atoms with Gasteiger partial charge in [-0.15, -0.1) is 0 Å². The van der Waals surface area contributed by atoms with Gasteiger partial charge in [-0.2, -0.15) is 0 Å². The van der Waals surface area contributed by atoms with Gasteiger partial charge in [0.1, 0.15) is 0 Å². The molecule has 0 aliphatic carbocycles. The molecular weight excluding hydrogens is 214 g/mol. The van der Waals surface area contributed by atoms with E-state index in [0.29, 0.717) is 12.6 Å². The summed E-state index contributed by atoms with van der Waals surface area (Å²) in [6, 6.07) is 0.604. The van der Waals surface area contributed by atoms with E-state index >= 15 is 0 Å². The molecule has 4 nitrogen and oxygen atoms in total. The molecule has 0 radical (unpaired) electrons. The lowest BCUT2D eigenvalue weighted by molar-refractivity contribution is -0.120. The second kappa shape index (κ2) is 7.67. The van der Waals surface area contributed by atoms with Gasteiger partial charge < -0.3 is 15.5 Å². The summed E-state index contributed by atoms with van der Waals surface area (Å²) in [6.07, 6.45) is 4.01. The highest BCUT2D eigenvalue weighted by molar-refractivity contribution is 5.78. The molecular formula is C13H27N3O. The number of carbonyl (C=O) groups is 1. The van der Waals surface area contributed by atoms with Crippen molar-refractivity contribution < 1.29 is 4.79 Å². The minimum atomic E-state index is 0.0884. The summed E-state index contributed by atoms with van der Waals surface area (Å²) in [4.78, 5) is 14.0. The number of carbonyl (C=O) groups excluding carboxylic acids is 1. The third kappa shape index (κ3) is 6.64. The highest BCUT2D eigenvalue weighted by atomic mass is 16.1. The molecule has 1 atom stereocenters. The highest BCUT2D eigenvalue weighted by Gasteiger charge is 2.13. The minimum absolute atomic E-state index is 0.0884. The average molecular weight is 241 g/mol. The molecule has 0 aromatic rings. The molecule has 1 heterocycles. The molecule has 17 heavy (non-hydrogen) atoms. The summed E-state index contributed by atoms with van der Waals surface area (Å²) in [5.41, 5.74) is 0. The first kappa shape index (κ1) is 14.5. The van der Waals surface area contributed by atoms with E-state index in [1.165, 1.54) is 32.4 Å². The van der Waals surface area contributed by atoms with Gasteiger partial charge in [0.25, 0.3) is 0 Å². The third-order valence-corrected chi connectivity index (χ3v) is 3.04. The minimum Gasteiger partial charge on any atom is -0.353 e. The maximum atomic E-state index is 11.5. The van der Waals surface area contributed by atoms with Crippen molar-refractivity contribution >= 4 is 5.91 Å². The van der Waals surface area contributed by atoms with Crippen LogP contribution >= 0.6 is 0 Å². The van der Waals surface area contributed by atoms with Crippen LogP contribution in [0.3, 0.4) is 0 Å². The fraction of sp³-hybridized carbons (Fsp3) is 0.923. The van der Waals surface area contributed by atoms with Gasteiger partial charge in [0, 0.05) is 18.6 Å². The number of hydrogen-bond acceptors (Lipinski definition) is 3. The predicted molar refractivity (Wildman–Crippen MR) is 71.0 cm³/mol. The molecule has 1 unspecified atom stereocenters. The van der Waals surface area contributed by atoms with Crippen LogP contribution in [0.4, 0.5) is 0 Å². The number of piperidine rings is 1. The Morgan fingerprint density at radius 1 is 1.18 bits per heavy atom. The fourth-order valence-electron chi connectivity index (χ4n) is 2.23. The number of likely N-dealkylation sites (tertiary alicyclic amines) is 1. The molecule has 0 spiro atoms. The Labute approximate surface area is 105 Å². The van der Waals surface area contributed by atoms with E-state index in [-0.39, 0.29) is 11.9 Å². The molecule has 1 aliphatic heterocycles. The van der Waals surface area contributed by atoms with Gasteiger partial charge in [0.2, 0.25) is 5.91 Å². The first-order chi connectivity index (χ1) is 8.08. The monoisotopic (exact) mass is 241 g/mol. The van der Waals surface area contributed by atoms with Gasteiger partial charge in [-0.3, -0.25) is 4.79 Å². The van der Waals surface area contributed by atoms with Gasteiger partial charge in [-0.05, 0) is 46.7 Å². The Morgan fingerprint density at radius 3 is 2.41 bits per heavy atom. The van der Waals surface area contributed by atoms with Gasteiger partial charge in [0.05, 0.1) is 6.54 Å². The summed E-state index contributed by atoms with van der Waals surface area (Å²) in [5, 5.41) is 6.17. The van der Waals surface area contributed by atoms with Crippen molar-refractivity contribution in [2.75, 3.05) is 26.2 Å². The molecule has 1 aliphatic rings. The van der Waals surface area contributed by atoms with Crippen LogP contribution in [0.1, 0.15) is 40.0 Å². The van der Waals surface area contributed by atoms with Crippen molar-refractivity contribution in [3.05, 3.63) is 0 Å². The Hall–Kier alpha value is -0.610. The molecule has 1 rings (SSSR count). The molecule has 0 aromatic heterocycles. The van der Waals surface area contributed by atoms with Crippen LogP contribution in [0.2, 0.25) is 0 Å². The SMILES string of the molecule is CC(C)NC(=O)CNC(C)CN1CCCCC1. The molecule has 2 N–H and O–H groups in total. The summed E-state index contributed by atoms with van der Waals surface area (Å²) < 4.78 is 0. The molecule has 1 fully saturated rings. The Balaban J connectivity index is 2.11. The lowest BCUT2D eigenvalue weighted by Crippen LogP contribution is -2.45. The van der Waals surface area contributed by atoms with Crippen molar-refractivity contribution in [1.82, 2.24) is 15.5 Å². The van der Waals surface area contributed by atoms with E-state index in [1.54, 1.807) is 0 Å². The Kier molecular flexibility index (Phi) is 6.52. The van der Waals surface area contributed by atoms with Crippen LogP contribution in [-0.4, -0.2) is 49.1 Å². The van der Waals surface area contributed by atoms with Crippen LogP contribution in [0.15, 0.2) is 0 Å². The standard InChI is InChI=1S/C13H27N3O/c1-11(2)15-13(17)9-14-12(3)10-16-7-5-4-6-8-16/h11-12,14H,4-10H2,1-3H3,(H,15,17). The molecule has 1 amide bonds. The van der Waals surface area contributed by atoms with Gasteiger partial charge in [-0.25, -0.2) is 0 Å². The molecule has 0 bridgehead atoms. The third-order valence-electron chi connectivity index (χ3n) is 3.04. The molecule has 0 aromatic carbocycles. The smallest absolute Gasteiger partial charge is 0.234 e. The maximum absolute atomic E-state index is 11.5. The fourth-order valence-corrected chi connectivity index (χ4v) is 2.23. The number of nitrogens with zero attached hydrogens (tertiary/aromatic N) is 1. The average Bonchev–Trinajstić information content (AvgIpc) is 2.27. The molecule has 100 valence electrons. The van der Waals surface area contributed by atoms with Crippen molar-refractivity contribution in [2.45, 2.75) is 52.1 Å². The van der Waals surface area contributed by atoms with E-state index in [1.807, 2.05) is 13.8 Å². The van der Waals surface area contributed by atoms with Crippen LogP contribution in [0.25, 0.3) is 0 Å². The van der Waals surface area contributed by atoms with Crippen LogP contribution < -0.4 is 10.6 Å². The van der Waals surface area contributed by atoms with Crippen molar-refractivity contribution in [2.24, 2.45) is 0 Å². The van der Waals surface area contributed by atoms with E-state index in [2.05, 4.69) is 22.5 Å². The zero-order valence-corrected chi connectivity index (χ0v) is 11.5. The van der Waals surface area contributed by atoms with Crippen molar-refractivity contribution in [3.8, 4) is 0 Å². The van der Waals surface area contributed by atoms with E-state index in [4.69, 9.17) is 0 Å². The summed E-state index contributed by atoms with van der Waals surface area (Å²) in [7, 11) is 0. The zero-order chi connectivity index (χ0) is 12.7. The molecule has 1 saturated heterocycles. The number of nitrogens with one attached hydrogen (secondary N) is 2. The second-order valence-electron chi connectivity index (χ2n) is 5.37. The Bertz CT molecular complexity index is 225. The van der Waals surface area contributed by atoms with Gasteiger partial charge in [0.15, 0.2) is 0 Å². The van der Waals surface area contributed by atoms with Crippen LogP contribution in [0, 0.1) is 0 Å². The quantitative estimate of drug-likeness (QED) is 0.728. The van der Waals surface area contributed by atoms with Crippen molar-refractivity contribution in [3.63, 3.8) is 0 Å². The maximum Gasteiger partial charge on any atom is 0.234 e. The lowest BCUT2D eigenvalue weighted by atomic mass is 10.1. The lowest BCUT2D eigenvalue weighted by Gasteiger charge is -2.29. The van der Waals surface area contributed by atoms with Crippen LogP contribution in [-0.2, 0) is 4.79 Å². The number of rotatable bonds is 6. The Morgan fingerprint density at radius 2 is 1.82 bits per heavy atom. The van der Waals surface area contributed by atoms with Gasteiger partial charge >= 0.3 is 0 Å². The molecule has 4 heteroatoms. The molecule has 0 saturated carbocycles. The van der Waals surface area contributed by atoms with E-state index in [9.17, 15) is 4.79 Å². The first-order valence-corrected chi connectivity index (χ1v) is 6.83. The summed E-state index contributed by atoms with van der Waals surface area (Å²) in [6.45, 7) is 10.0. The highest BCUT2D eigenvalue weighted by Crippen LogP contribution is 2.08. The summed E-state index contributed by atoms with van der Waals surface area (Å²) >= 11 is 0. The topological polar surface area (TPSA) is 44.4 Å². The van der Waals surface area contributed by atoms with Crippen LogP contribution in [0.5, 0.6) is 0 Å². The van der Waals surface area contributed by atoms with Gasteiger partial charge in [-0.1, -0.05) is 6.42 Å². The summed E-state index contributed by atoms with van der Waals surface area (Å²) in [5.74, 6) is 0.0884. The normalized spacial score (nSPS) is 19.3. The number of hydrogen-bond donors (Lipinski definition) is 2. The van der Waals surface area contributed by atoms with E-state index in [0.717, 1.165) is 6.54 Å². The van der Waals surface area contributed by atoms with Crippen molar-refractivity contribution in [1.29, 1.82) is 0 Å². The first-order valence-electron chi connectivity index (χ1n) is 6.83. The second-order valence-corrected chi connectivity index (χ2v) is 5.37. The number of amides is 1.